The number of carbonyl (C=O) groups is 2. The van der Waals surface area contributed by atoms with Crippen LogP contribution in [0.15, 0.2) is 0 Å². The second kappa shape index (κ2) is 5.51. The highest BCUT2D eigenvalue weighted by molar-refractivity contribution is 5.93. The number of amides is 2. The normalized spacial score (nSPS) is 24.9. The van der Waals surface area contributed by atoms with Crippen LogP contribution in [0.5, 0.6) is 0 Å². The van der Waals surface area contributed by atoms with Gasteiger partial charge in [0, 0.05) is 19.0 Å². The summed E-state index contributed by atoms with van der Waals surface area (Å²) in [5, 5.41) is 2.97. The van der Waals surface area contributed by atoms with E-state index in [1.54, 1.807) is 0 Å². The lowest BCUT2D eigenvalue weighted by Crippen LogP contribution is -2.57. The highest BCUT2D eigenvalue weighted by Crippen LogP contribution is 2.35. The van der Waals surface area contributed by atoms with Crippen molar-refractivity contribution in [2.24, 2.45) is 5.92 Å². The summed E-state index contributed by atoms with van der Waals surface area (Å²) in [6.07, 6.45) is 5.46. The van der Waals surface area contributed by atoms with Crippen LogP contribution < -0.4 is 5.32 Å². The summed E-state index contributed by atoms with van der Waals surface area (Å²) in [6, 6.07) is 0.255. The summed E-state index contributed by atoms with van der Waals surface area (Å²) in [7, 11) is 0. The molecule has 4 nitrogen and oxygen atoms in total. The number of carbonyl (C=O) groups excluding carboxylic acids is 2. The van der Waals surface area contributed by atoms with Gasteiger partial charge in [0.15, 0.2) is 0 Å². The fraction of sp³-hybridized carbons (Fsp3) is 0.867. The zero-order valence-corrected chi connectivity index (χ0v) is 12.4. The fourth-order valence-electron chi connectivity index (χ4n) is 3.09. The molecule has 2 aliphatic rings. The van der Waals surface area contributed by atoms with Gasteiger partial charge in [-0.15, -0.1) is 0 Å². The first-order chi connectivity index (χ1) is 9.02. The Labute approximate surface area is 115 Å². The molecule has 108 valence electrons. The minimum atomic E-state index is -0.675. The zero-order valence-electron chi connectivity index (χ0n) is 12.4. The molecule has 1 saturated heterocycles. The highest BCUT2D eigenvalue weighted by Gasteiger charge is 2.43. The molecule has 1 aliphatic heterocycles. The summed E-state index contributed by atoms with van der Waals surface area (Å²) in [4.78, 5) is 26.7. The van der Waals surface area contributed by atoms with Gasteiger partial charge >= 0.3 is 0 Å². The van der Waals surface area contributed by atoms with Gasteiger partial charge in [0.05, 0.1) is 0 Å². The lowest BCUT2D eigenvalue weighted by atomic mass is 9.90. The average Bonchev–Trinajstić information content (AvgIpc) is 3.19. The van der Waals surface area contributed by atoms with Crippen molar-refractivity contribution in [1.82, 2.24) is 10.2 Å². The van der Waals surface area contributed by atoms with Crippen LogP contribution in [-0.2, 0) is 9.59 Å². The Morgan fingerprint density at radius 2 is 1.95 bits per heavy atom. The maximum absolute atomic E-state index is 12.8. The van der Waals surface area contributed by atoms with Gasteiger partial charge < -0.3 is 10.2 Å². The van der Waals surface area contributed by atoms with Crippen molar-refractivity contribution in [3.63, 3.8) is 0 Å². The van der Waals surface area contributed by atoms with Crippen LogP contribution in [0.2, 0.25) is 0 Å². The first-order valence-electron chi connectivity index (χ1n) is 7.64. The molecule has 19 heavy (non-hydrogen) atoms. The number of rotatable bonds is 5. The van der Waals surface area contributed by atoms with E-state index in [2.05, 4.69) is 12.2 Å². The molecule has 2 rings (SSSR count). The van der Waals surface area contributed by atoms with Gasteiger partial charge in [-0.2, -0.15) is 0 Å². The smallest absolute Gasteiger partial charge is 0.248 e. The number of nitrogens with one attached hydrogen (secondary N) is 1. The van der Waals surface area contributed by atoms with Crippen molar-refractivity contribution in [3.8, 4) is 0 Å². The van der Waals surface area contributed by atoms with E-state index < -0.39 is 5.54 Å². The van der Waals surface area contributed by atoms with Gasteiger partial charge in [-0.05, 0) is 32.1 Å². The lowest BCUT2D eigenvalue weighted by molar-refractivity contribution is -0.141. The van der Waals surface area contributed by atoms with Crippen molar-refractivity contribution in [3.05, 3.63) is 0 Å². The van der Waals surface area contributed by atoms with E-state index in [9.17, 15) is 9.59 Å². The van der Waals surface area contributed by atoms with Crippen molar-refractivity contribution in [2.75, 3.05) is 6.54 Å². The Morgan fingerprint density at radius 1 is 1.32 bits per heavy atom. The van der Waals surface area contributed by atoms with Crippen LogP contribution in [0.4, 0.5) is 0 Å². The molecule has 4 heteroatoms. The maximum Gasteiger partial charge on any atom is 0.248 e. The molecule has 2 fully saturated rings. The molecule has 1 saturated carbocycles. The minimum Gasteiger partial charge on any atom is -0.342 e. The van der Waals surface area contributed by atoms with E-state index in [1.807, 2.05) is 18.7 Å². The van der Waals surface area contributed by atoms with E-state index in [0.717, 1.165) is 12.3 Å². The van der Waals surface area contributed by atoms with Crippen LogP contribution in [0.3, 0.4) is 0 Å². The molecule has 0 bridgehead atoms. The molecule has 0 spiro atoms. The topological polar surface area (TPSA) is 49.4 Å². The molecular formula is C15H26N2O2. The third kappa shape index (κ3) is 2.93. The summed E-state index contributed by atoms with van der Waals surface area (Å²) in [5.74, 6) is 0.932. The molecule has 2 amide bonds. The third-order valence-corrected chi connectivity index (χ3v) is 4.74. The Bertz CT molecular complexity index is 359. The van der Waals surface area contributed by atoms with Gasteiger partial charge in [0.25, 0.3) is 0 Å². The SMILES string of the molecule is CCC1(CC)NC(=O)CCN(C(C)CC2CC2)C1=O. The van der Waals surface area contributed by atoms with Crippen LogP contribution in [-0.4, -0.2) is 34.8 Å². The first-order valence-corrected chi connectivity index (χ1v) is 7.64. The van der Waals surface area contributed by atoms with Crippen molar-refractivity contribution >= 4 is 11.8 Å². The monoisotopic (exact) mass is 266 g/mol. The summed E-state index contributed by atoms with van der Waals surface area (Å²) in [5.41, 5.74) is -0.675. The van der Waals surface area contributed by atoms with Gasteiger partial charge in [0.1, 0.15) is 5.54 Å². The quantitative estimate of drug-likeness (QED) is 0.828. The van der Waals surface area contributed by atoms with Crippen molar-refractivity contribution < 1.29 is 9.59 Å². The zero-order chi connectivity index (χ0) is 14.0. The van der Waals surface area contributed by atoms with Gasteiger partial charge in [0.2, 0.25) is 11.8 Å². The van der Waals surface area contributed by atoms with E-state index in [4.69, 9.17) is 0 Å². The predicted octanol–water partition coefficient (Wildman–Crippen LogP) is 2.08. The number of hydrogen-bond acceptors (Lipinski definition) is 2. The summed E-state index contributed by atoms with van der Waals surface area (Å²) < 4.78 is 0. The van der Waals surface area contributed by atoms with Gasteiger partial charge in [-0.1, -0.05) is 26.7 Å². The largest absolute Gasteiger partial charge is 0.342 e. The Morgan fingerprint density at radius 3 is 2.47 bits per heavy atom. The Kier molecular flexibility index (Phi) is 4.16. The van der Waals surface area contributed by atoms with E-state index in [0.29, 0.717) is 25.8 Å². The van der Waals surface area contributed by atoms with Crippen LogP contribution in [0, 0.1) is 5.92 Å². The molecule has 0 aromatic rings. The molecular weight excluding hydrogens is 240 g/mol. The second-order valence-electron chi connectivity index (χ2n) is 6.11. The van der Waals surface area contributed by atoms with Gasteiger partial charge in [-0.25, -0.2) is 0 Å². The van der Waals surface area contributed by atoms with E-state index >= 15 is 0 Å². The van der Waals surface area contributed by atoms with Crippen LogP contribution in [0.25, 0.3) is 0 Å². The third-order valence-electron chi connectivity index (χ3n) is 4.74. The molecule has 1 aliphatic carbocycles. The summed E-state index contributed by atoms with van der Waals surface area (Å²) >= 11 is 0. The molecule has 1 unspecified atom stereocenters. The predicted molar refractivity (Wildman–Crippen MR) is 74.6 cm³/mol. The second-order valence-corrected chi connectivity index (χ2v) is 6.11. The standard InChI is InChI=1S/C15H26N2O2/c1-4-15(5-2)14(19)17(9-8-13(18)16-15)11(3)10-12-6-7-12/h11-12H,4-10H2,1-3H3,(H,16,18). The fourth-order valence-corrected chi connectivity index (χ4v) is 3.09. The molecule has 0 radical (unpaired) electrons. The van der Waals surface area contributed by atoms with Crippen LogP contribution in [0.1, 0.15) is 59.3 Å². The Hall–Kier alpha value is -1.06. The molecule has 1 heterocycles. The molecule has 1 atom stereocenters. The highest BCUT2D eigenvalue weighted by atomic mass is 16.2. The molecule has 0 aromatic heterocycles. The maximum atomic E-state index is 12.8. The molecule has 1 N–H and O–H groups in total. The Balaban J connectivity index is 2.17. The lowest BCUT2D eigenvalue weighted by Gasteiger charge is -2.36. The molecule has 0 aromatic carbocycles. The van der Waals surface area contributed by atoms with Crippen LogP contribution >= 0.6 is 0 Å². The van der Waals surface area contributed by atoms with Crippen molar-refractivity contribution in [1.29, 1.82) is 0 Å². The average molecular weight is 266 g/mol. The van der Waals surface area contributed by atoms with Crippen molar-refractivity contribution in [2.45, 2.75) is 70.9 Å². The summed E-state index contributed by atoms with van der Waals surface area (Å²) in [6.45, 7) is 6.66. The minimum absolute atomic E-state index is 0.0122. The first kappa shape index (κ1) is 14.4. The number of hydrogen-bond donors (Lipinski definition) is 1. The van der Waals surface area contributed by atoms with Gasteiger partial charge in [-0.3, -0.25) is 9.59 Å². The van der Waals surface area contributed by atoms with E-state index in [-0.39, 0.29) is 17.9 Å². The number of nitrogens with zero attached hydrogens (tertiary/aromatic N) is 1. The van der Waals surface area contributed by atoms with E-state index in [1.165, 1.54) is 12.8 Å².